The van der Waals surface area contributed by atoms with Crippen LogP contribution in [0.15, 0.2) is 6.33 Å². The molecule has 1 saturated heterocycles. The largest absolute Gasteiger partial charge is 0.379 e. The zero-order valence-electron chi connectivity index (χ0n) is 9.14. The van der Waals surface area contributed by atoms with Gasteiger partial charge in [-0.05, 0) is 6.92 Å². The topological polar surface area (TPSA) is 83.1 Å². The van der Waals surface area contributed by atoms with E-state index in [4.69, 9.17) is 4.74 Å². The molecule has 88 valence electrons. The van der Waals surface area contributed by atoms with Crippen LogP contribution in [0.25, 0.3) is 0 Å². The number of anilines is 1. The number of H-pyrrole nitrogens is 1. The van der Waals surface area contributed by atoms with Crippen molar-refractivity contribution in [2.24, 2.45) is 0 Å². The van der Waals surface area contributed by atoms with E-state index in [1.54, 1.807) is 0 Å². The summed E-state index contributed by atoms with van der Waals surface area (Å²) >= 11 is 0. The van der Waals surface area contributed by atoms with Crippen LogP contribution in [0.1, 0.15) is 6.92 Å². The van der Waals surface area contributed by atoms with Crippen LogP contribution in [0.3, 0.4) is 0 Å². The Labute approximate surface area is 93.2 Å². The standard InChI is InChI=1S/C9H15N5O2/c1-7(14-2-4-16-5-3-14)8(15)12-9-10-6-11-13-9/h6-7H,2-5H2,1H3,(H2,10,11,12,13,15). The van der Waals surface area contributed by atoms with Crippen molar-refractivity contribution in [1.82, 2.24) is 20.1 Å². The van der Waals surface area contributed by atoms with Crippen LogP contribution in [0.4, 0.5) is 5.95 Å². The van der Waals surface area contributed by atoms with Crippen LogP contribution < -0.4 is 5.32 Å². The Morgan fingerprint density at radius 2 is 2.38 bits per heavy atom. The number of nitrogens with zero attached hydrogens (tertiary/aromatic N) is 3. The summed E-state index contributed by atoms with van der Waals surface area (Å²) in [5.41, 5.74) is 0. The molecule has 0 radical (unpaired) electrons. The molecule has 0 saturated carbocycles. The molecule has 2 rings (SSSR count). The molecule has 0 aliphatic carbocycles. The number of morpholine rings is 1. The highest BCUT2D eigenvalue weighted by Crippen LogP contribution is 2.05. The zero-order chi connectivity index (χ0) is 11.4. The molecule has 1 fully saturated rings. The number of carbonyl (C=O) groups excluding carboxylic acids is 1. The smallest absolute Gasteiger partial charge is 0.243 e. The van der Waals surface area contributed by atoms with E-state index in [0.717, 1.165) is 13.1 Å². The van der Waals surface area contributed by atoms with Crippen LogP contribution >= 0.6 is 0 Å². The average molecular weight is 225 g/mol. The molecule has 2 N–H and O–H groups in total. The van der Waals surface area contributed by atoms with Crippen LogP contribution in [0.2, 0.25) is 0 Å². The summed E-state index contributed by atoms with van der Waals surface area (Å²) < 4.78 is 5.23. The van der Waals surface area contributed by atoms with E-state index in [-0.39, 0.29) is 11.9 Å². The third kappa shape index (κ3) is 2.56. The van der Waals surface area contributed by atoms with E-state index >= 15 is 0 Å². The van der Waals surface area contributed by atoms with Crippen molar-refractivity contribution in [3.63, 3.8) is 0 Å². The number of ether oxygens (including phenoxy) is 1. The number of amides is 1. The van der Waals surface area contributed by atoms with Crippen molar-refractivity contribution in [2.75, 3.05) is 31.6 Å². The summed E-state index contributed by atoms with van der Waals surface area (Å²) in [6.45, 7) is 4.80. The number of aromatic amines is 1. The molecule has 1 amide bonds. The Hall–Kier alpha value is -1.47. The molecule has 16 heavy (non-hydrogen) atoms. The highest BCUT2D eigenvalue weighted by atomic mass is 16.5. The van der Waals surface area contributed by atoms with Gasteiger partial charge in [0.15, 0.2) is 0 Å². The first-order chi connectivity index (χ1) is 7.77. The first kappa shape index (κ1) is 11.0. The maximum Gasteiger partial charge on any atom is 0.243 e. The first-order valence-corrected chi connectivity index (χ1v) is 5.25. The van der Waals surface area contributed by atoms with Gasteiger partial charge in [-0.3, -0.25) is 15.0 Å². The number of rotatable bonds is 3. The van der Waals surface area contributed by atoms with E-state index < -0.39 is 0 Å². The Morgan fingerprint density at radius 1 is 1.62 bits per heavy atom. The third-order valence-corrected chi connectivity index (χ3v) is 2.63. The second-order valence-corrected chi connectivity index (χ2v) is 3.65. The lowest BCUT2D eigenvalue weighted by Crippen LogP contribution is -2.47. The molecule has 7 nitrogen and oxygen atoms in total. The highest BCUT2D eigenvalue weighted by Gasteiger charge is 2.23. The van der Waals surface area contributed by atoms with Gasteiger partial charge in [-0.2, -0.15) is 10.1 Å². The molecule has 0 spiro atoms. The molecular formula is C9H15N5O2. The second kappa shape index (κ2) is 5.04. The minimum Gasteiger partial charge on any atom is -0.379 e. The lowest BCUT2D eigenvalue weighted by atomic mass is 10.2. The molecule has 1 aliphatic heterocycles. The minimum atomic E-state index is -0.186. The normalized spacial score (nSPS) is 19.3. The maximum atomic E-state index is 11.8. The van der Waals surface area contributed by atoms with Gasteiger partial charge in [0.2, 0.25) is 11.9 Å². The number of hydrogen-bond acceptors (Lipinski definition) is 5. The highest BCUT2D eigenvalue weighted by molar-refractivity contribution is 5.92. The quantitative estimate of drug-likeness (QED) is 0.722. The number of nitrogens with one attached hydrogen (secondary N) is 2. The van der Waals surface area contributed by atoms with E-state index in [2.05, 4.69) is 25.4 Å². The minimum absolute atomic E-state index is 0.0846. The van der Waals surface area contributed by atoms with Crippen molar-refractivity contribution in [3.8, 4) is 0 Å². The Bertz CT molecular complexity index is 334. The predicted octanol–water partition coefficient (Wildman–Crippen LogP) is -0.536. The van der Waals surface area contributed by atoms with E-state index in [1.807, 2.05) is 6.92 Å². The van der Waals surface area contributed by atoms with Gasteiger partial charge >= 0.3 is 0 Å². The average Bonchev–Trinajstić information content (AvgIpc) is 2.82. The monoisotopic (exact) mass is 225 g/mol. The molecule has 1 atom stereocenters. The zero-order valence-corrected chi connectivity index (χ0v) is 9.14. The van der Waals surface area contributed by atoms with E-state index in [0.29, 0.717) is 19.2 Å². The number of aromatic nitrogens is 3. The van der Waals surface area contributed by atoms with Gasteiger partial charge < -0.3 is 4.74 Å². The van der Waals surface area contributed by atoms with Gasteiger partial charge in [0, 0.05) is 13.1 Å². The number of carbonyl (C=O) groups is 1. The predicted molar refractivity (Wildman–Crippen MR) is 56.9 cm³/mol. The molecule has 1 aromatic rings. The maximum absolute atomic E-state index is 11.8. The van der Waals surface area contributed by atoms with Gasteiger partial charge in [0.25, 0.3) is 0 Å². The Kier molecular flexibility index (Phi) is 3.47. The molecule has 1 aromatic heterocycles. The van der Waals surface area contributed by atoms with Gasteiger partial charge in [-0.1, -0.05) is 0 Å². The molecule has 2 heterocycles. The summed E-state index contributed by atoms with van der Waals surface area (Å²) in [6, 6.07) is -0.186. The van der Waals surface area contributed by atoms with Crippen molar-refractivity contribution >= 4 is 11.9 Å². The fourth-order valence-corrected chi connectivity index (χ4v) is 1.62. The summed E-state index contributed by atoms with van der Waals surface area (Å²) in [7, 11) is 0. The van der Waals surface area contributed by atoms with Crippen molar-refractivity contribution in [2.45, 2.75) is 13.0 Å². The summed E-state index contributed by atoms with van der Waals surface area (Å²) in [6.07, 6.45) is 1.36. The van der Waals surface area contributed by atoms with Crippen molar-refractivity contribution < 1.29 is 9.53 Å². The van der Waals surface area contributed by atoms with Crippen molar-refractivity contribution in [1.29, 1.82) is 0 Å². The fraction of sp³-hybridized carbons (Fsp3) is 0.667. The van der Waals surface area contributed by atoms with Gasteiger partial charge in [0.1, 0.15) is 6.33 Å². The van der Waals surface area contributed by atoms with Crippen LogP contribution in [0, 0.1) is 0 Å². The van der Waals surface area contributed by atoms with E-state index in [9.17, 15) is 4.79 Å². The summed E-state index contributed by atoms with van der Waals surface area (Å²) in [5.74, 6) is 0.295. The number of hydrogen-bond donors (Lipinski definition) is 2. The lowest BCUT2D eigenvalue weighted by Gasteiger charge is -2.30. The molecule has 7 heteroatoms. The Balaban J connectivity index is 1.88. The van der Waals surface area contributed by atoms with Crippen LogP contribution in [-0.4, -0.2) is 58.3 Å². The molecule has 0 bridgehead atoms. The third-order valence-electron chi connectivity index (χ3n) is 2.63. The lowest BCUT2D eigenvalue weighted by molar-refractivity contribution is -0.122. The Morgan fingerprint density at radius 3 is 3.00 bits per heavy atom. The molecule has 1 aliphatic rings. The molecule has 1 unspecified atom stereocenters. The first-order valence-electron chi connectivity index (χ1n) is 5.25. The van der Waals surface area contributed by atoms with Crippen LogP contribution in [0.5, 0.6) is 0 Å². The summed E-state index contributed by atoms with van der Waals surface area (Å²) in [4.78, 5) is 17.7. The summed E-state index contributed by atoms with van der Waals surface area (Å²) in [5, 5.41) is 8.92. The van der Waals surface area contributed by atoms with Crippen LogP contribution in [-0.2, 0) is 9.53 Å². The molecule has 0 aromatic carbocycles. The second-order valence-electron chi connectivity index (χ2n) is 3.65. The van der Waals surface area contributed by atoms with Crippen molar-refractivity contribution in [3.05, 3.63) is 6.33 Å². The van der Waals surface area contributed by atoms with Gasteiger partial charge in [-0.25, -0.2) is 5.10 Å². The molecular weight excluding hydrogens is 210 g/mol. The van der Waals surface area contributed by atoms with E-state index in [1.165, 1.54) is 6.33 Å². The van der Waals surface area contributed by atoms with Gasteiger partial charge in [0.05, 0.1) is 19.3 Å². The fourth-order valence-electron chi connectivity index (χ4n) is 1.62. The van der Waals surface area contributed by atoms with Gasteiger partial charge in [-0.15, -0.1) is 0 Å². The SMILES string of the molecule is CC(C(=O)Nc1ncn[nH]1)N1CCOCC1.